The van der Waals surface area contributed by atoms with E-state index < -0.39 is 23.5 Å². The van der Waals surface area contributed by atoms with Crippen LogP contribution in [0.2, 0.25) is 0 Å². The number of esters is 2. The highest BCUT2D eigenvalue weighted by Gasteiger charge is 2.47. The Bertz CT molecular complexity index is 1320. The number of nitrogens with zero attached hydrogens (tertiary/aromatic N) is 4. The monoisotopic (exact) mass is 489 g/mol. The van der Waals surface area contributed by atoms with Crippen LogP contribution in [0.4, 0.5) is 20.3 Å². The number of hydrogen-bond acceptors (Lipinski definition) is 8. The van der Waals surface area contributed by atoms with Crippen molar-refractivity contribution in [2.24, 2.45) is 17.5 Å². The maximum atomic E-state index is 13.1. The number of aromatic nitrogens is 3. The number of benzene rings is 1. The second kappa shape index (κ2) is 8.67. The van der Waals surface area contributed by atoms with E-state index >= 15 is 0 Å². The van der Waals surface area contributed by atoms with Crippen LogP contribution in [-0.2, 0) is 38.4 Å². The number of aryl methyl sites for hydroxylation is 1. The minimum absolute atomic E-state index is 0.0729. The van der Waals surface area contributed by atoms with E-state index in [1.165, 1.54) is 30.1 Å². The summed E-state index contributed by atoms with van der Waals surface area (Å²) in [6.07, 6.45) is 3.00. The zero-order valence-electron chi connectivity index (χ0n) is 19.8. The van der Waals surface area contributed by atoms with Gasteiger partial charge in [0.2, 0.25) is 5.54 Å². The molecule has 10 nitrogen and oxygen atoms in total. The van der Waals surface area contributed by atoms with Crippen molar-refractivity contribution in [2.75, 3.05) is 12.4 Å². The summed E-state index contributed by atoms with van der Waals surface area (Å²) in [7, 11) is 2.89. The van der Waals surface area contributed by atoms with E-state index in [1.807, 2.05) is 0 Å². The lowest BCUT2D eigenvalue weighted by atomic mass is 9.92. The highest BCUT2D eigenvalue weighted by molar-refractivity contribution is 6.09. The minimum atomic E-state index is -3.01. The number of aliphatic imine (C=N–C) groups is 1. The highest BCUT2D eigenvalue weighted by atomic mass is 19.3. The van der Waals surface area contributed by atoms with Gasteiger partial charge in [-0.1, -0.05) is 0 Å². The summed E-state index contributed by atoms with van der Waals surface area (Å²) in [5.41, 5.74) is -1.08. The van der Waals surface area contributed by atoms with Crippen molar-refractivity contribution < 1.29 is 32.6 Å². The molecular formula is C23H25F2N5O5. The topological polar surface area (TPSA) is 109 Å². The Morgan fingerprint density at radius 2 is 1.97 bits per heavy atom. The SMILES string of the molecule is COC(=O)C1(c2nn(C)c3ccc(OC(F)F)cc23)C=Nc2c(ccn2COC(=O)C(C)(C)C)N1. The molecule has 3 aromatic rings. The van der Waals surface area contributed by atoms with E-state index in [4.69, 9.17) is 9.47 Å². The Kier molecular flexibility index (Phi) is 5.99. The molecule has 1 aromatic carbocycles. The van der Waals surface area contributed by atoms with Gasteiger partial charge in [-0.25, -0.2) is 9.79 Å². The average Bonchev–Trinajstić information content (AvgIpc) is 3.35. The van der Waals surface area contributed by atoms with Gasteiger partial charge in [0, 0.05) is 24.8 Å². The molecule has 3 heterocycles. The third-order valence-corrected chi connectivity index (χ3v) is 5.52. The van der Waals surface area contributed by atoms with Crippen molar-refractivity contribution in [3.63, 3.8) is 0 Å². The highest BCUT2D eigenvalue weighted by Crippen LogP contribution is 2.40. The number of nitrogens with one attached hydrogen (secondary N) is 1. The average molecular weight is 489 g/mol. The molecule has 12 heteroatoms. The number of halogens is 2. The first-order valence-electron chi connectivity index (χ1n) is 10.7. The molecule has 35 heavy (non-hydrogen) atoms. The number of fused-ring (bicyclic) bond motifs is 2. The maximum absolute atomic E-state index is 13.1. The van der Waals surface area contributed by atoms with E-state index in [9.17, 15) is 18.4 Å². The van der Waals surface area contributed by atoms with Crippen LogP contribution in [0.1, 0.15) is 26.5 Å². The number of ether oxygens (including phenoxy) is 3. The van der Waals surface area contributed by atoms with Gasteiger partial charge in [-0.3, -0.25) is 14.0 Å². The molecule has 0 radical (unpaired) electrons. The number of methoxy groups -OCH3 is 1. The molecule has 0 aliphatic carbocycles. The Balaban J connectivity index is 1.75. The first kappa shape index (κ1) is 24.2. The summed E-state index contributed by atoms with van der Waals surface area (Å²) in [5, 5.41) is 8.02. The van der Waals surface area contributed by atoms with E-state index in [0.717, 1.165) is 0 Å². The number of hydrogen-bond donors (Lipinski definition) is 1. The van der Waals surface area contributed by atoms with Crippen molar-refractivity contribution >= 4 is 40.6 Å². The van der Waals surface area contributed by atoms with E-state index in [2.05, 4.69) is 20.1 Å². The molecule has 0 fully saturated rings. The summed E-state index contributed by atoms with van der Waals surface area (Å²) in [4.78, 5) is 29.7. The Morgan fingerprint density at radius 1 is 1.23 bits per heavy atom. The number of rotatable bonds is 6. The first-order chi connectivity index (χ1) is 16.5. The molecule has 0 saturated heterocycles. The van der Waals surface area contributed by atoms with Crippen molar-refractivity contribution in [2.45, 2.75) is 39.7 Å². The lowest BCUT2D eigenvalue weighted by Gasteiger charge is -2.30. The van der Waals surface area contributed by atoms with Crippen molar-refractivity contribution in [1.82, 2.24) is 14.3 Å². The van der Waals surface area contributed by atoms with Gasteiger partial charge in [-0.15, -0.1) is 0 Å². The van der Waals surface area contributed by atoms with Gasteiger partial charge < -0.3 is 19.5 Å². The zero-order valence-corrected chi connectivity index (χ0v) is 19.8. The zero-order chi connectivity index (χ0) is 25.5. The lowest BCUT2D eigenvalue weighted by molar-refractivity contribution is -0.156. The standard InChI is InChI=1S/C23H25F2N5O5/c1-22(2,3)19(31)34-12-30-9-8-15-18(30)26-11-23(27-15,20(32)33-5)17-14-10-13(35-21(24)25)6-7-16(14)29(4)28-17/h6-11,21,27H,12H2,1-5H3. The summed E-state index contributed by atoms with van der Waals surface area (Å²) < 4.78 is 43.7. The van der Waals surface area contributed by atoms with Crippen LogP contribution in [0, 0.1) is 5.41 Å². The van der Waals surface area contributed by atoms with Crippen LogP contribution in [0.5, 0.6) is 5.75 Å². The summed E-state index contributed by atoms with van der Waals surface area (Å²) >= 11 is 0. The van der Waals surface area contributed by atoms with Crippen LogP contribution < -0.4 is 10.1 Å². The van der Waals surface area contributed by atoms with E-state index in [0.29, 0.717) is 22.4 Å². The molecule has 2 aromatic heterocycles. The molecule has 1 atom stereocenters. The molecule has 0 spiro atoms. The van der Waals surface area contributed by atoms with Crippen molar-refractivity contribution in [3.05, 3.63) is 36.2 Å². The van der Waals surface area contributed by atoms with Crippen molar-refractivity contribution in [1.29, 1.82) is 0 Å². The summed E-state index contributed by atoms with van der Waals surface area (Å²) in [5.74, 6) is -0.743. The molecule has 1 aliphatic rings. The van der Waals surface area contributed by atoms with Crippen LogP contribution in [0.25, 0.3) is 10.9 Å². The largest absolute Gasteiger partial charge is 0.467 e. The van der Waals surface area contributed by atoms with Crippen LogP contribution in [0.15, 0.2) is 35.5 Å². The number of carbonyl (C=O) groups excluding carboxylic acids is 2. The third kappa shape index (κ3) is 4.31. The van der Waals surface area contributed by atoms with Crippen molar-refractivity contribution in [3.8, 4) is 5.75 Å². The summed E-state index contributed by atoms with van der Waals surface area (Å²) in [6.45, 7) is 2.17. The Hall–Kier alpha value is -3.96. The summed E-state index contributed by atoms with van der Waals surface area (Å²) in [6, 6.07) is 6.02. The smallest absolute Gasteiger partial charge is 0.387 e. The normalized spacial score (nSPS) is 17.3. The Labute approximate surface area is 199 Å². The van der Waals surface area contributed by atoms with Gasteiger partial charge in [-0.05, 0) is 45.0 Å². The fourth-order valence-corrected chi connectivity index (χ4v) is 3.75. The van der Waals surface area contributed by atoms with Crippen LogP contribution in [-0.4, -0.2) is 46.2 Å². The predicted molar refractivity (Wildman–Crippen MR) is 123 cm³/mol. The molecule has 186 valence electrons. The van der Waals surface area contributed by atoms with Gasteiger partial charge >= 0.3 is 18.6 Å². The first-order valence-corrected chi connectivity index (χ1v) is 10.7. The number of anilines is 1. The molecule has 1 N–H and O–H groups in total. The lowest BCUT2D eigenvalue weighted by Crippen LogP contribution is -2.47. The minimum Gasteiger partial charge on any atom is -0.467 e. The quantitative estimate of drug-likeness (QED) is 0.526. The fraction of sp³-hybridized carbons (Fsp3) is 0.391. The molecule has 0 amide bonds. The second-order valence-electron chi connectivity index (χ2n) is 9.05. The molecule has 4 rings (SSSR count). The van der Waals surface area contributed by atoms with Crippen LogP contribution in [0.3, 0.4) is 0 Å². The second-order valence-corrected chi connectivity index (χ2v) is 9.05. The van der Waals surface area contributed by atoms with Gasteiger partial charge in [0.15, 0.2) is 12.5 Å². The Morgan fingerprint density at radius 3 is 2.63 bits per heavy atom. The third-order valence-electron chi connectivity index (χ3n) is 5.52. The van der Waals surface area contributed by atoms with E-state index in [-0.39, 0.29) is 24.1 Å². The molecule has 1 aliphatic heterocycles. The van der Waals surface area contributed by atoms with Gasteiger partial charge in [0.1, 0.15) is 11.4 Å². The van der Waals surface area contributed by atoms with Gasteiger partial charge in [0.25, 0.3) is 0 Å². The van der Waals surface area contributed by atoms with Gasteiger partial charge in [-0.2, -0.15) is 13.9 Å². The fourth-order valence-electron chi connectivity index (χ4n) is 3.75. The van der Waals surface area contributed by atoms with Crippen LogP contribution >= 0.6 is 0 Å². The van der Waals surface area contributed by atoms with E-state index in [1.54, 1.807) is 50.7 Å². The molecule has 0 bridgehead atoms. The van der Waals surface area contributed by atoms with Gasteiger partial charge in [0.05, 0.1) is 23.7 Å². The molecule has 0 saturated carbocycles. The molecular weight excluding hydrogens is 464 g/mol. The number of carbonyl (C=O) groups is 2. The molecule has 1 unspecified atom stereocenters. The number of alkyl halides is 2. The maximum Gasteiger partial charge on any atom is 0.387 e. The predicted octanol–water partition coefficient (Wildman–Crippen LogP) is 3.72.